The maximum absolute atomic E-state index is 13.5. The molecule has 1 fully saturated rings. The van der Waals surface area contributed by atoms with Crippen molar-refractivity contribution in [2.75, 3.05) is 44.2 Å². The van der Waals surface area contributed by atoms with Gasteiger partial charge >= 0.3 is 0 Å². The number of para-hydroxylation sites is 1. The Bertz CT molecular complexity index is 1240. The van der Waals surface area contributed by atoms with Crippen LogP contribution in [-0.4, -0.2) is 75.8 Å². The predicted molar refractivity (Wildman–Crippen MR) is 132 cm³/mol. The van der Waals surface area contributed by atoms with E-state index < -0.39 is 0 Å². The monoisotopic (exact) mass is 456 g/mol. The van der Waals surface area contributed by atoms with Crippen LogP contribution >= 0.6 is 0 Å². The summed E-state index contributed by atoms with van der Waals surface area (Å²) in [4.78, 5) is 42.9. The first-order valence-electron chi connectivity index (χ1n) is 11.6. The molecule has 0 atom stereocenters. The summed E-state index contributed by atoms with van der Waals surface area (Å²) in [6.07, 6.45) is 6.31. The third-order valence-corrected chi connectivity index (χ3v) is 6.39. The molecule has 4 aromatic rings. The van der Waals surface area contributed by atoms with E-state index in [1.165, 1.54) is 0 Å². The molecule has 2 amide bonds. The van der Waals surface area contributed by atoms with Crippen LogP contribution in [0.15, 0.2) is 73.3 Å². The number of rotatable bonds is 7. The van der Waals surface area contributed by atoms with Gasteiger partial charge in [0.05, 0.1) is 6.33 Å². The van der Waals surface area contributed by atoms with Gasteiger partial charge in [0.25, 0.3) is 5.91 Å². The zero-order valence-corrected chi connectivity index (χ0v) is 19.0. The molecule has 3 heterocycles. The molecule has 0 bridgehead atoms. The summed E-state index contributed by atoms with van der Waals surface area (Å²) in [6, 6.07) is 17.0. The van der Waals surface area contributed by atoms with Gasteiger partial charge in [0.15, 0.2) is 0 Å². The Morgan fingerprint density at radius 1 is 0.971 bits per heavy atom. The molecule has 1 aliphatic heterocycles. The van der Waals surface area contributed by atoms with E-state index in [2.05, 4.69) is 19.9 Å². The fourth-order valence-corrected chi connectivity index (χ4v) is 4.38. The van der Waals surface area contributed by atoms with Gasteiger partial charge in [0.1, 0.15) is 6.54 Å². The second kappa shape index (κ2) is 9.93. The van der Waals surface area contributed by atoms with Crippen molar-refractivity contribution in [2.24, 2.45) is 0 Å². The third-order valence-electron chi connectivity index (χ3n) is 6.39. The second-order valence-corrected chi connectivity index (χ2v) is 8.56. The van der Waals surface area contributed by atoms with Crippen molar-refractivity contribution in [1.29, 1.82) is 0 Å². The van der Waals surface area contributed by atoms with Crippen LogP contribution in [0, 0.1) is 0 Å². The average molecular weight is 457 g/mol. The Balaban J connectivity index is 1.25. The fourth-order valence-electron chi connectivity index (χ4n) is 4.38. The molecule has 1 saturated heterocycles. The van der Waals surface area contributed by atoms with Crippen LogP contribution in [0.1, 0.15) is 16.1 Å². The number of hydrogen-bond donors (Lipinski definition) is 2. The number of benzene rings is 2. The van der Waals surface area contributed by atoms with Gasteiger partial charge < -0.3 is 14.9 Å². The van der Waals surface area contributed by atoms with Gasteiger partial charge in [0.2, 0.25) is 5.91 Å². The molecule has 8 nitrogen and oxygen atoms in total. The smallest absolute Gasteiger partial charge is 0.258 e. The lowest BCUT2D eigenvalue weighted by atomic mass is 10.1. The van der Waals surface area contributed by atoms with E-state index >= 15 is 0 Å². The van der Waals surface area contributed by atoms with Gasteiger partial charge in [-0.1, -0.05) is 24.3 Å². The molecule has 2 aromatic heterocycles. The first-order chi connectivity index (χ1) is 16.7. The van der Waals surface area contributed by atoms with Crippen molar-refractivity contribution < 1.29 is 9.59 Å². The number of aromatic nitrogens is 3. The van der Waals surface area contributed by atoms with Crippen molar-refractivity contribution in [3.05, 3.63) is 84.6 Å². The Kier molecular flexibility index (Phi) is 6.40. The molecule has 34 heavy (non-hydrogen) atoms. The summed E-state index contributed by atoms with van der Waals surface area (Å²) >= 11 is 0. The molecule has 2 aromatic carbocycles. The number of hydrogen-bond acceptors (Lipinski definition) is 4. The highest BCUT2D eigenvalue weighted by Gasteiger charge is 2.26. The number of aromatic amines is 2. The van der Waals surface area contributed by atoms with Crippen LogP contribution in [0.3, 0.4) is 0 Å². The van der Waals surface area contributed by atoms with E-state index in [4.69, 9.17) is 0 Å². The number of fused-ring (bicyclic) bond motifs is 1. The van der Waals surface area contributed by atoms with E-state index in [1.807, 2.05) is 71.9 Å². The molecule has 0 unspecified atom stereocenters. The zero-order chi connectivity index (χ0) is 23.3. The van der Waals surface area contributed by atoms with Crippen LogP contribution < -0.4 is 4.90 Å². The van der Waals surface area contributed by atoms with Crippen LogP contribution in [0.5, 0.6) is 0 Å². The summed E-state index contributed by atoms with van der Waals surface area (Å²) in [5.74, 6) is -0.222. The third kappa shape index (κ3) is 4.87. The number of piperazine rings is 1. The maximum atomic E-state index is 13.5. The molecule has 2 N–H and O–H groups in total. The molecule has 0 aliphatic carbocycles. The minimum atomic E-state index is -0.186. The largest absolute Gasteiger partial charge is 0.361 e. The molecule has 174 valence electrons. The number of carbonyl (C=O) groups is 2. The quantitative estimate of drug-likeness (QED) is 0.448. The Hall–Kier alpha value is -3.91. The highest BCUT2D eigenvalue weighted by Crippen LogP contribution is 2.20. The lowest BCUT2D eigenvalue weighted by molar-refractivity contribution is -0.131. The van der Waals surface area contributed by atoms with E-state index in [-0.39, 0.29) is 18.4 Å². The van der Waals surface area contributed by atoms with Crippen LogP contribution in [0.2, 0.25) is 0 Å². The topological polar surface area (TPSA) is 88.3 Å². The molecule has 8 heteroatoms. The minimum Gasteiger partial charge on any atom is -0.361 e. The summed E-state index contributed by atoms with van der Waals surface area (Å²) in [7, 11) is 0. The highest BCUT2D eigenvalue weighted by atomic mass is 16.2. The zero-order valence-electron chi connectivity index (χ0n) is 19.0. The SMILES string of the molecule is O=C(CN(C(=O)c1ccc2cc[nH]c2c1)c1ccccc1)N1CCN(CCc2cnc[nH]2)CC1. The molecule has 0 radical (unpaired) electrons. The van der Waals surface area contributed by atoms with Crippen LogP contribution in [0.25, 0.3) is 10.9 Å². The van der Waals surface area contributed by atoms with Crippen molar-refractivity contribution in [3.63, 3.8) is 0 Å². The Morgan fingerprint density at radius 2 is 1.79 bits per heavy atom. The van der Waals surface area contributed by atoms with Gasteiger partial charge in [-0.3, -0.25) is 19.4 Å². The van der Waals surface area contributed by atoms with Gasteiger partial charge in [-0.05, 0) is 35.7 Å². The van der Waals surface area contributed by atoms with E-state index in [9.17, 15) is 9.59 Å². The van der Waals surface area contributed by atoms with E-state index in [1.54, 1.807) is 11.2 Å². The Labute approximate surface area is 198 Å². The number of anilines is 1. The highest BCUT2D eigenvalue weighted by molar-refractivity contribution is 6.10. The average Bonchev–Trinajstić information content (AvgIpc) is 3.58. The molecule has 1 aliphatic rings. The summed E-state index contributed by atoms with van der Waals surface area (Å²) in [5, 5.41) is 1.05. The lowest BCUT2D eigenvalue weighted by Gasteiger charge is -2.35. The number of carbonyl (C=O) groups excluding carboxylic acids is 2. The number of amides is 2. The molecule has 0 spiro atoms. The number of nitrogens with one attached hydrogen (secondary N) is 2. The minimum absolute atomic E-state index is 0.0136. The Morgan fingerprint density at radius 3 is 2.56 bits per heavy atom. The van der Waals surface area contributed by atoms with Crippen molar-refractivity contribution in [1.82, 2.24) is 24.8 Å². The van der Waals surface area contributed by atoms with Crippen LogP contribution in [0.4, 0.5) is 5.69 Å². The van der Waals surface area contributed by atoms with Crippen molar-refractivity contribution in [3.8, 4) is 0 Å². The number of H-pyrrole nitrogens is 2. The first kappa shape index (κ1) is 21.9. The van der Waals surface area contributed by atoms with Crippen LogP contribution in [-0.2, 0) is 11.2 Å². The predicted octanol–water partition coefficient (Wildman–Crippen LogP) is 2.92. The maximum Gasteiger partial charge on any atom is 0.258 e. The van der Waals surface area contributed by atoms with E-state index in [0.717, 1.165) is 42.7 Å². The standard InChI is InChI=1S/C26H28N6O2/c33-25(31-14-12-30(13-15-31)11-9-22-17-27-19-29-22)18-32(23-4-2-1-3-5-23)26(34)21-7-6-20-8-10-28-24(20)16-21/h1-8,10,16-17,19,28H,9,11-15,18H2,(H,27,29). The molecular formula is C26H28N6O2. The molecular weight excluding hydrogens is 428 g/mol. The summed E-state index contributed by atoms with van der Waals surface area (Å²) < 4.78 is 0. The lowest BCUT2D eigenvalue weighted by Crippen LogP contribution is -2.52. The van der Waals surface area contributed by atoms with Gasteiger partial charge in [0, 0.05) is 74.0 Å². The van der Waals surface area contributed by atoms with Gasteiger partial charge in [-0.2, -0.15) is 0 Å². The number of imidazole rings is 1. The van der Waals surface area contributed by atoms with Gasteiger partial charge in [-0.15, -0.1) is 0 Å². The normalized spacial score (nSPS) is 14.4. The summed E-state index contributed by atoms with van der Waals surface area (Å²) in [5.41, 5.74) is 3.28. The summed E-state index contributed by atoms with van der Waals surface area (Å²) in [6.45, 7) is 3.91. The number of nitrogens with zero attached hydrogens (tertiary/aromatic N) is 4. The first-order valence-corrected chi connectivity index (χ1v) is 11.6. The van der Waals surface area contributed by atoms with E-state index in [0.29, 0.717) is 24.3 Å². The molecule has 5 rings (SSSR count). The molecule has 0 saturated carbocycles. The fraction of sp³-hybridized carbons (Fsp3) is 0.269. The van der Waals surface area contributed by atoms with Gasteiger partial charge in [-0.25, -0.2) is 4.98 Å². The van der Waals surface area contributed by atoms with Crippen molar-refractivity contribution >= 4 is 28.4 Å². The van der Waals surface area contributed by atoms with Crippen molar-refractivity contribution in [2.45, 2.75) is 6.42 Å². The second-order valence-electron chi connectivity index (χ2n) is 8.56.